The van der Waals surface area contributed by atoms with Gasteiger partial charge < -0.3 is 10.1 Å². The molecule has 1 aliphatic heterocycles. The molecule has 0 spiro atoms. The molecule has 0 amide bonds. The van der Waals surface area contributed by atoms with Crippen LogP contribution in [0, 0.1) is 0 Å². The molecule has 0 radical (unpaired) electrons. The number of ether oxygens (including phenoxy) is 1. The van der Waals surface area contributed by atoms with E-state index in [-0.39, 0.29) is 0 Å². The quantitative estimate of drug-likeness (QED) is 0.832. The molecule has 2 unspecified atom stereocenters. The third-order valence-electron chi connectivity index (χ3n) is 3.44. The van der Waals surface area contributed by atoms with E-state index in [1.807, 2.05) is 31.2 Å². The molecular weight excluding hydrogens is 205 g/mol. The number of hydrogen-bond donors (Lipinski definition) is 1. The number of benzene rings is 1. The predicted molar refractivity (Wildman–Crippen MR) is 62.5 cm³/mol. The van der Waals surface area contributed by atoms with E-state index >= 15 is 0 Å². The van der Waals surface area contributed by atoms with Gasteiger partial charge in [-0.25, -0.2) is 4.39 Å². The smallest absolute Gasteiger partial charge is 0.122 e. The molecule has 1 aromatic carbocycles. The van der Waals surface area contributed by atoms with Crippen LogP contribution < -0.4 is 10.1 Å². The number of hydrogen-bond acceptors (Lipinski definition) is 2. The van der Waals surface area contributed by atoms with Gasteiger partial charge in [-0.3, -0.25) is 0 Å². The van der Waals surface area contributed by atoms with Crippen LogP contribution in [0.5, 0.6) is 5.75 Å². The lowest BCUT2D eigenvalue weighted by atomic mass is 9.82. The Morgan fingerprint density at radius 3 is 2.62 bits per heavy atom. The van der Waals surface area contributed by atoms with Crippen LogP contribution in [0.15, 0.2) is 24.3 Å². The van der Waals surface area contributed by atoms with Crippen LogP contribution in [0.2, 0.25) is 0 Å². The van der Waals surface area contributed by atoms with Gasteiger partial charge in [-0.1, -0.05) is 12.1 Å². The number of halogens is 1. The molecule has 0 bridgehead atoms. The van der Waals surface area contributed by atoms with Crippen LogP contribution in [0.3, 0.4) is 0 Å². The fourth-order valence-electron chi connectivity index (χ4n) is 2.25. The molecule has 1 heterocycles. The number of piperidine rings is 1. The zero-order valence-corrected chi connectivity index (χ0v) is 9.79. The fourth-order valence-corrected chi connectivity index (χ4v) is 2.25. The molecule has 1 fully saturated rings. The molecule has 1 aromatic rings. The van der Waals surface area contributed by atoms with Gasteiger partial charge in [-0.15, -0.1) is 0 Å². The van der Waals surface area contributed by atoms with E-state index in [2.05, 4.69) is 5.32 Å². The fraction of sp³-hybridized carbons (Fsp3) is 0.538. The van der Waals surface area contributed by atoms with Gasteiger partial charge in [-0.2, -0.15) is 0 Å². The summed E-state index contributed by atoms with van der Waals surface area (Å²) < 4.78 is 19.1. The molecule has 0 aromatic heterocycles. The topological polar surface area (TPSA) is 21.3 Å². The summed E-state index contributed by atoms with van der Waals surface area (Å²) in [5.74, 6) is 0.804. The Kier molecular flexibility index (Phi) is 3.15. The first-order valence-electron chi connectivity index (χ1n) is 5.70. The minimum atomic E-state index is -0.824. The molecule has 3 heteroatoms. The van der Waals surface area contributed by atoms with Gasteiger partial charge in [-0.05, 0) is 44.0 Å². The van der Waals surface area contributed by atoms with E-state index in [9.17, 15) is 4.39 Å². The summed E-state index contributed by atoms with van der Waals surface area (Å²) in [6, 6.07) is 7.63. The second-order valence-corrected chi connectivity index (χ2v) is 4.47. The standard InChI is InChI=1S/C13H18FNO/c1-13(12(14)4-3-9-15-13)10-5-7-11(16-2)8-6-10/h5-8,12,15H,3-4,9H2,1-2H3. The molecule has 0 aliphatic carbocycles. The Labute approximate surface area is 95.8 Å². The van der Waals surface area contributed by atoms with Crippen molar-refractivity contribution in [1.82, 2.24) is 5.32 Å². The van der Waals surface area contributed by atoms with Crippen molar-refractivity contribution in [3.63, 3.8) is 0 Å². The molecule has 1 N–H and O–H groups in total. The van der Waals surface area contributed by atoms with Crippen LogP contribution in [0.4, 0.5) is 4.39 Å². The van der Waals surface area contributed by atoms with E-state index in [0.717, 1.165) is 24.3 Å². The molecule has 2 atom stereocenters. The van der Waals surface area contributed by atoms with Gasteiger partial charge in [0.2, 0.25) is 0 Å². The van der Waals surface area contributed by atoms with Gasteiger partial charge in [0, 0.05) is 0 Å². The first-order chi connectivity index (χ1) is 7.66. The summed E-state index contributed by atoms with van der Waals surface area (Å²) >= 11 is 0. The van der Waals surface area contributed by atoms with Crippen molar-refractivity contribution in [3.05, 3.63) is 29.8 Å². The number of rotatable bonds is 2. The monoisotopic (exact) mass is 223 g/mol. The molecule has 16 heavy (non-hydrogen) atoms. The van der Waals surface area contributed by atoms with Crippen LogP contribution in [0.1, 0.15) is 25.3 Å². The summed E-state index contributed by atoms with van der Waals surface area (Å²) in [6.07, 6.45) is 0.720. The lowest BCUT2D eigenvalue weighted by Gasteiger charge is -2.38. The van der Waals surface area contributed by atoms with Crippen molar-refractivity contribution in [2.75, 3.05) is 13.7 Å². The van der Waals surface area contributed by atoms with Gasteiger partial charge in [0.1, 0.15) is 11.9 Å². The lowest BCUT2D eigenvalue weighted by molar-refractivity contribution is 0.121. The van der Waals surface area contributed by atoms with Crippen LogP contribution in [0.25, 0.3) is 0 Å². The highest BCUT2D eigenvalue weighted by Gasteiger charge is 2.37. The maximum Gasteiger partial charge on any atom is 0.122 e. The molecule has 2 nitrogen and oxygen atoms in total. The highest BCUT2D eigenvalue weighted by Crippen LogP contribution is 2.33. The predicted octanol–water partition coefficient (Wildman–Crippen LogP) is 2.63. The Hall–Kier alpha value is -1.09. The zero-order valence-electron chi connectivity index (χ0n) is 9.79. The summed E-state index contributed by atoms with van der Waals surface area (Å²) in [5.41, 5.74) is 0.436. The van der Waals surface area contributed by atoms with E-state index < -0.39 is 11.7 Å². The van der Waals surface area contributed by atoms with Crippen LogP contribution in [-0.2, 0) is 5.54 Å². The number of alkyl halides is 1. The highest BCUT2D eigenvalue weighted by atomic mass is 19.1. The molecular formula is C13H18FNO. The Bertz CT molecular complexity index is 351. The van der Waals surface area contributed by atoms with Crippen molar-refractivity contribution in [2.24, 2.45) is 0 Å². The molecule has 1 aliphatic rings. The summed E-state index contributed by atoms with van der Waals surface area (Å²) in [7, 11) is 1.63. The van der Waals surface area contributed by atoms with Crippen LogP contribution in [-0.4, -0.2) is 19.8 Å². The third-order valence-corrected chi connectivity index (χ3v) is 3.44. The average molecular weight is 223 g/mol. The van der Waals surface area contributed by atoms with Gasteiger partial charge in [0.05, 0.1) is 12.6 Å². The van der Waals surface area contributed by atoms with Crippen molar-refractivity contribution >= 4 is 0 Å². The first-order valence-corrected chi connectivity index (χ1v) is 5.70. The van der Waals surface area contributed by atoms with Crippen molar-refractivity contribution in [3.8, 4) is 5.75 Å². The Morgan fingerprint density at radius 1 is 1.38 bits per heavy atom. The van der Waals surface area contributed by atoms with E-state index in [1.54, 1.807) is 7.11 Å². The normalized spacial score (nSPS) is 30.1. The average Bonchev–Trinajstić information content (AvgIpc) is 2.33. The SMILES string of the molecule is COc1ccc(C2(C)NCCCC2F)cc1. The van der Waals surface area contributed by atoms with E-state index in [4.69, 9.17) is 4.74 Å². The molecule has 1 saturated heterocycles. The van der Waals surface area contributed by atoms with Crippen molar-refractivity contribution in [2.45, 2.75) is 31.5 Å². The van der Waals surface area contributed by atoms with Crippen molar-refractivity contribution in [1.29, 1.82) is 0 Å². The summed E-state index contributed by atoms with van der Waals surface area (Å²) in [5, 5.41) is 3.28. The second-order valence-electron chi connectivity index (χ2n) is 4.47. The van der Waals surface area contributed by atoms with Crippen LogP contribution >= 0.6 is 0 Å². The first kappa shape index (κ1) is 11.4. The molecule has 88 valence electrons. The van der Waals surface area contributed by atoms with E-state index in [0.29, 0.717) is 6.42 Å². The number of nitrogens with one attached hydrogen (secondary N) is 1. The largest absolute Gasteiger partial charge is 0.497 e. The summed E-state index contributed by atoms with van der Waals surface area (Å²) in [4.78, 5) is 0. The lowest BCUT2D eigenvalue weighted by Crippen LogP contribution is -2.51. The molecule has 2 rings (SSSR count). The Balaban J connectivity index is 2.26. The van der Waals surface area contributed by atoms with Crippen molar-refractivity contribution < 1.29 is 9.13 Å². The molecule has 0 saturated carbocycles. The van der Waals surface area contributed by atoms with Gasteiger partial charge in [0.25, 0.3) is 0 Å². The third kappa shape index (κ3) is 1.92. The maximum absolute atomic E-state index is 14.0. The highest BCUT2D eigenvalue weighted by molar-refractivity contribution is 5.32. The van der Waals surface area contributed by atoms with Gasteiger partial charge >= 0.3 is 0 Å². The minimum absolute atomic E-state index is 0.551. The van der Waals surface area contributed by atoms with Gasteiger partial charge in [0.15, 0.2) is 0 Å². The summed E-state index contributed by atoms with van der Waals surface area (Å²) in [6.45, 7) is 2.81. The maximum atomic E-state index is 14.0. The van der Waals surface area contributed by atoms with E-state index in [1.165, 1.54) is 0 Å². The number of methoxy groups -OCH3 is 1. The zero-order chi connectivity index (χ0) is 11.6. The minimum Gasteiger partial charge on any atom is -0.497 e. The second kappa shape index (κ2) is 4.42. The Morgan fingerprint density at radius 2 is 2.06 bits per heavy atom.